The van der Waals surface area contributed by atoms with Crippen molar-refractivity contribution in [3.8, 4) is 0 Å². The number of alkyl halides is 2. The summed E-state index contributed by atoms with van der Waals surface area (Å²) in [7, 11) is 1.70. The molecule has 0 aromatic heterocycles. The van der Waals surface area contributed by atoms with E-state index in [0.29, 0.717) is 12.5 Å². The fourth-order valence-corrected chi connectivity index (χ4v) is 2.10. The van der Waals surface area contributed by atoms with Gasteiger partial charge in [0.2, 0.25) is 0 Å². The van der Waals surface area contributed by atoms with Crippen molar-refractivity contribution in [2.24, 2.45) is 0 Å². The molecule has 2 atom stereocenters. The van der Waals surface area contributed by atoms with Crippen molar-refractivity contribution in [3.63, 3.8) is 0 Å². The summed E-state index contributed by atoms with van der Waals surface area (Å²) in [5, 5.41) is 12.8. The Morgan fingerprint density at radius 1 is 1.47 bits per heavy atom. The van der Waals surface area contributed by atoms with Gasteiger partial charge in [-0.25, -0.2) is 8.78 Å². The molecule has 17 heavy (non-hydrogen) atoms. The molecule has 0 radical (unpaired) electrons. The molecule has 3 nitrogen and oxygen atoms in total. The normalized spacial score (nSPS) is 21.9. The van der Waals surface area contributed by atoms with Crippen molar-refractivity contribution in [3.05, 3.63) is 0 Å². The highest BCUT2D eigenvalue weighted by molar-refractivity contribution is 4.94. The van der Waals surface area contributed by atoms with Crippen LogP contribution >= 0.6 is 0 Å². The summed E-state index contributed by atoms with van der Waals surface area (Å²) in [5.41, 5.74) is -0.364. The fraction of sp³-hybridized carbons (Fsp3) is 1.00. The van der Waals surface area contributed by atoms with Crippen molar-refractivity contribution in [2.45, 2.75) is 57.2 Å². The zero-order valence-electron chi connectivity index (χ0n) is 10.9. The minimum absolute atomic E-state index is 0.0207. The lowest BCUT2D eigenvalue weighted by Gasteiger charge is -2.35. The van der Waals surface area contributed by atoms with E-state index in [0.717, 1.165) is 12.8 Å². The molecule has 1 saturated carbocycles. The molecule has 102 valence electrons. The van der Waals surface area contributed by atoms with Crippen molar-refractivity contribution in [1.29, 1.82) is 0 Å². The second-order valence-electron chi connectivity index (χ2n) is 5.52. The van der Waals surface area contributed by atoms with E-state index in [2.05, 4.69) is 5.32 Å². The third-order valence-corrected chi connectivity index (χ3v) is 3.40. The number of hydrogen-bond donors (Lipinski definition) is 2. The quantitative estimate of drug-likeness (QED) is 0.684. The SMILES string of the molecule is CC(CC(C)(CO)NC1CC1)N(C)CC(F)F. The Morgan fingerprint density at radius 2 is 2.06 bits per heavy atom. The van der Waals surface area contributed by atoms with E-state index in [1.807, 2.05) is 13.8 Å². The second kappa shape index (κ2) is 6.07. The smallest absolute Gasteiger partial charge is 0.251 e. The maximum absolute atomic E-state index is 12.3. The van der Waals surface area contributed by atoms with Gasteiger partial charge in [-0.2, -0.15) is 0 Å². The van der Waals surface area contributed by atoms with Gasteiger partial charge in [0.1, 0.15) is 0 Å². The van der Waals surface area contributed by atoms with Crippen LogP contribution in [0.1, 0.15) is 33.1 Å². The Bertz CT molecular complexity index is 237. The zero-order chi connectivity index (χ0) is 13.1. The van der Waals surface area contributed by atoms with Crippen LogP contribution in [0.2, 0.25) is 0 Å². The topological polar surface area (TPSA) is 35.5 Å². The van der Waals surface area contributed by atoms with Crippen LogP contribution in [0.4, 0.5) is 8.78 Å². The first kappa shape index (κ1) is 14.8. The largest absolute Gasteiger partial charge is 0.394 e. The average Bonchev–Trinajstić information content (AvgIpc) is 3.00. The standard InChI is InChI=1S/C12H24F2N2O/c1-9(16(3)7-11(13)14)6-12(2,8-17)15-10-4-5-10/h9-11,15,17H,4-8H2,1-3H3. The summed E-state index contributed by atoms with van der Waals surface area (Å²) in [5.74, 6) is 0. The van der Waals surface area contributed by atoms with E-state index in [9.17, 15) is 13.9 Å². The van der Waals surface area contributed by atoms with E-state index in [4.69, 9.17) is 0 Å². The predicted molar refractivity (Wildman–Crippen MR) is 64.4 cm³/mol. The molecule has 0 saturated heterocycles. The van der Waals surface area contributed by atoms with Gasteiger partial charge < -0.3 is 10.4 Å². The van der Waals surface area contributed by atoms with Crippen molar-refractivity contribution < 1.29 is 13.9 Å². The Balaban J connectivity index is 2.42. The third kappa shape index (κ3) is 5.27. The minimum Gasteiger partial charge on any atom is -0.394 e. The molecule has 0 aromatic rings. The predicted octanol–water partition coefficient (Wildman–Crippen LogP) is 1.46. The second-order valence-corrected chi connectivity index (χ2v) is 5.52. The first-order chi connectivity index (χ1) is 7.86. The van der Waals surface area contributed by atoms with E-state index in [-0.39, 0.29) is 24.7 Å². The zero-order valence-corrected chi connectivity index (χ0v) is 10.9. The van der Waals surface area contributed by atoms with Gasteiger partial charge in [-0.15, -0.1) is 0 Å². The molecule has 1 aliphatic carbocycles. The summed E-state index contributed by atoms with van der Waals surface area (Å²) < 4.78 is 24.5. The van der Waals surface area contributed by atoms with E-state index >= 15 is 0 Å². The summed E-state index contributed by atoms with van der Waals surface area (Å²) in [4.78, 5) is 1.65. The number of nitrogens with one attached hydrogen (secondary N) is 1. The van der Waals surface area contributed by atoms with Crippen LogP contribution in [0, 0.1) is 0 Å². The van der Waals surface area contributed by atoms with Gasteiger partial charge in [0.05, 0.1) is 13.2 Å². The maximum Gasteiger partial charge on any atom is 0.251 e. The third-order valence-electron chi connectivity index (χ3n) is 3.40. The lowest BCUT2D eigenvalue weighted by atomic mass is 9.93. The highest BCUT2D eigenvalue weighted by Crippen LogP contribution is 2.25. The van der Waals surface area contributed by atoms with Crippen LogP contribution in [0.15, 0.2) is 0 Å². The lowest BCUT2D eigenvalue weighted by molar-refractivity contribution is 0.0662. The van der Waals surface area contributed by atoms with Gasteiger partial charge in [0.25, 0.3) is 6.43 Å². The van der Waals surface area contributed by atoms with E-state index in [1.54, 1.807) is 11.9 Å². The summed E-state index contributed by atoms with van der Waals surface area (Å²) in [6.45, 7) is 3.70. The number of hydrogen-bond acceptors (Lipinski definition) is 3. The van der Waals surface area contributed by atoms with Gasteiger partial charge in [0, 0.05) is 17.6 Å². The van der Waals surface area contributed by atoms with Crippen LogP contribution in [-0.2, 0) is 0 Å². The number of aliphatic hydroxyl groups excluding tert-OH is 1. The first-order valence-corrected chi connectivity index (χ1v) is 6.23. The van der Waals surface area contributed by atoms with Crippen LogP contribution in [0.3, 0.4) is 0 Å². The molecule has 0 aliphatic heterocycles. The van der Waals surface area contributed by atoms with Crippen LogP contribution in [0.5, 0.6) is 0 Å². The Hall–Kier alpha value is -0.260. The molecule has 0 aromatic carbocycles. The Morgan fingerprint density at radius 3 is 2.47 bits per heavy atom. The Labute approximate surface area is 102 Å². The van der Waals surface area contributed by atoms with Crippen LogP contribution in [0.25, 0.3) is 0 Å². The molecular formula is C12H24F2N2O. The van der Waals surface area contributed by atoms with Gasteiger partial charge in [-0.1, -0.05) is 0 Å². The van der Waals surface area contributed by atoms with Crippen molar-refractivity contribution in [2.75, 3.05) is 20.2 Å². The van der Waals surface area contributed by atoms with Crippen LogP contribution in [-0.4, -0.2) is 54.3 Å². The number of nitrogens with zero attached hydrogens (tertiary/aromatic N) is 1. The van der Waals surface area contributed by atoms with Crippen LogP contribution < -0.4 is 5.32 Å². The van der Waals surface area contributed by atoms with E-state index < -0.39 is 6.43 Å². The molecule has 0 heterocycles. The lowest BCUT2D eigenvalue weighted by Crippen LogP contribution is -2.51. The van der Waals surface area contributed by atoms with Gasteiger partial charge in [0.15, 0.2) is 0 Å². The minimum atomic E-state index is -2.31. The number of halogens is 2. The summed E-state index contributed by atoms with van der Waals surface area (Å²) in [6.07, 6.45) is 0.663. The van der Waals surface area contributed by atoms with Gasteiger partial charge >= 0.3 is 0 Å². The van der Waals surface area contributed by atoms with Gasteiger partial charge in [-0.3, -0.25) is 4.90 Å². The molecule has 1 rings (SSSR count). The number of rotatable bonds is 8. The molecule has 2 N–H and O–H groups in total. The van der Waals surface area contributed by atoms with Crippen molar-refractivity contribution >= 4 is 0 Å². The molecular weight excluding hydrogens is 226 g/mol. The molecule has 1 fully saturated rings. The monoisotopic (exact) mass is 250 g/mol. The molecule has 0 bridgehead atoms. The van der Waals surface area contributed by atoms with Gasteiger partial charge in [-0.05, 0) is 40.2 Å². The van der Waals surface area contributed by atoms with E-state index in [1.165, 1.54) is 0 Å². The molecule has 5 heteroatoms. The van der Waals surface area contributed by atoms with Crippen molar-refractivity contribution in [1.82, 2.24) is 10.2 Å². The highest BCUT2D eigenvalue weighted by atomic mass is 19.3. The molecule has 2 unspecified atom stereocenters. The maximum atomic E-state index is 12.3. The molecule has 0 spiro atoms. The highest BCUT2D eigenvalue weighted by Gasteiger charge is 2.34. The molecule has 0 amide bonds. The summed E-state index contributed by atoms with van der Waals surface area (Å²) in [6, 6.07) is 0.521. The molecule has 1 aliphatic rings. The first-order valence-electron chi connectivity index (χ1n) is 6.23. The fourth-order valence-electron chi connectivity index (χ4n) is 2.10. The summed E-state index contributed by atoms with van der Waals surface area (Å²) >= 11 is 0. The average molecular weight is 250 g/mol. The number of aliphatic hydroxyl groups is 1. The Kier molecular flexibility index (Phi) is 5.28.